The largest absolute Gasteiger partial charge is 0.457 e. The van der Waals surface area contributed by atoms with Gasteiger partial charge in [-0.05, 0) is 22.0 Å². The summed E-state index contributed by atoms with van der Waals surface area (Å²) in [5, 5.41) is 2.66. The first-order valence-electron chi connectivity index (χ1n) is 3.16. The molecule has 0 aliphatic carbocycles. The molecule has 1 rings (SSSR count). The molecule has 0 spiro atoms. The zero-order chi connectivity index (χ0) is 8.27. The van der Waals surface area contributed by atoms with Crippen LogP contribution in [-0.4, -0.2) is 5.91 Å². The monoisotopic (exact) mass is 217 g/mol. The zero-order valence-corrected chi connectivity index (χ0v) is 7.64. The quantitative estimate of drug-likeness (QED) is 0.820. The molecule has 0 atom stereocenters. The number of nitrogens with one attached hydrogen (secondary N) is 1. The van der Waals surface area contributed by atoms with Crippen molar-refractivity contribution in [3.8, 4) is 0 Å². The van der Waals surface area contributed by atoms with E-state index in [1.165, 1.54) is 6.92 Å². The second-order valence-electron chi connectivity index (χ2n) is 2.17. The molecule has 4 heteroatoms. The van der Waals surface area contributed by atoms with E-state index in [1.807, 2.05) is 6.07 Å². The molecular formula is C7H8BrNO2. The van der Waals surface area contributed by atoms with Crippen molar-refractivity contribution < 1.29 is 9.21 Å². The highest BCUT2D eigenvalue weighted by Crippen LogP contribution is 2.13. The van der Waals surface area contributed by atoms with Gasteiger partial charge in [0.2, 0.25) is 5.91 Å². The maximum atomic E-state index is 10.5. The fraction of sp³-hybridized carbons (Fsp3) is 0.286. The summed E-state index contributed by atoms with van der Waals surface area (Å²) in [4.78, 5) is 10.5. The number of halogens is 1. The van der Waals surface area contributed by atoms with E-state index in [4.69, 9.17) is 4.42 Å². The van der Waals surface area contributed by atoms with Gasteiger partial charge < -0.3 is 9.73 Å². The second kappa shape index (κ2) is 3.57. The molecular weight excluding hydrogens is 210 g/mol. The third kappa shape index (κ3) is 2.76. The lowest BCUT2D eigenvalue weighted by atomic mass is 10.3. The zero-order valence-electron chi connectivity index (χ0n) is 6.06. The van der Waals surface area contributed by atoms with Crippen molar-refractivity contribution in [1.82, 2.24) is 5.32 Å². The van der Waals surface area contributed by atoms with Crippen LogP contribution in [-0.2, 0) is 11.3 Å². The van der Waals surface area contributed by atoms with Gasteiger partial charge in [-0.15, -0.1) is 0 Å². The van der Waals surface area contributed by atoms with Gasteiger partial charge in [-0.2, -0.15) is 0 Å². The normalized spacial score (nSPS) is 9.64. The lowest BCUT2D eigenvalue weighted by Crippen LogP contribution is -2.18. The summed E-state index contributed by atoms with van der Waals surface area (Å²) >= 11 is 3.16. The van der Waals surface area contributed by atoms with Crippen molar-refractivity contribution in [2.24, 2.45) is 0 Å². The van der Waals surface area contributed by atoms with E-state index in [9.17, 15) is 4.79 Å². The van der Waals surface area contributed by atoms with Crippen molar-refractivity contribution in [3.05, 3.63) is 22.6 Å². The lowest BCUT2D eigenvalue weighted by Gasteiger charge is -1.95. The topological polar surface area (TPSA) is 42.2 Å². The number of carbonyl (C=O) groups excluding carboxylic acids is 1. The molecule has 1 amide bonds. The highest BCUT2D eigenvalue weighted by Gasteiger charge is 1.98. The minimum atomic E-state index is -0.0395. The summed E-state index contributed by atoms with van der Waals surface area (Å²) < 4.78 is 5.64. The molecule has 0 fully saturated rings. The first kappa shape index (κ1) is 8.33. The standard InChI is InChI=1S/C7H8BrNO2/c1-5(10)9-3-6-2-7(8)11-4-6/h2,4H,3H2,1H3,(H,9,10). The van der Waals surface area contributed by atoms with Gasteiger partial charge in [0, 0.05) is 19.0 Å². The van der Waals surface area contributed by atoms with Gasteiger partial charge in [0.25, 0.3) is 0 Å². The molecule has 0 aliphatic rings. The lowest BCUT2D eigenvalue weighted by molar-refractivity contribution is -0.119. The van der Waals surface area contributed by atoms with Gasteiger partial charge in [0.05, 0.1) is 6.26 Å². The Morgan fingerprint density at radius 1 is 1.82 bits per heavy atom. The summed E-state index contributed by atoms with van der Waals surface area (Å²) in [6, 6.07) is 1.82. The van der Waals surface area contributed by atoms with E-state index in [1.54, 1.807) is 6.26 Å². The van der Waals surface area contributed by atoms with Crippen LogP contribution in [0.2, 0.25) is 0 Å². The first-order valence-corrected chi connectivity index (χ1v) is 3.95. The smallest absolute Gasteiger partial charge is 0.217 e. The molecule has 0 unspecified atom stereocenters. The van der Waals surface area contributed by atoms with Crippen molar-refractivity contribution in [3.63, 3.8) is 0 Å². The molecule has 1 heterocycles. The van der Waals surface area contributed by atoms with Crippen LogP contribution in [0.5, 0.6) is 0 Å². The van der Waals surface area contributed by atoms with E-state index in [0.29, 0.717) is 11.2 Å². The Kier molecular flexibility index (Phi) is 2.70. The molecule has 0 aromatic carbocycles. The Labute approximate surface area is 72.9 Å². The number of hydrogen-bond acceptors (Lipinski definition) is 2. The van der Waals surface area contributed by atoms with Crippen molar-refractivity contribution in [2.75, 3.05) is 0 Å². The summed E-state index contributed by atoms with van der Waals surface area (Å²) in [6.07, 6.45) is 1.60. The third-order valence-electron chi connectivity index (χ3n) is 1.16. The van der Waals surface area contributed by atoms with Crippen molar-refractivity contribution in [1.29, 1.82) is 0 Å². The van der Waals surface area contributed by atoms with Crippen molar-refractivity contribution >= 4 is 21.8 Å². The fourth-order valence-electron chi connectivity index (χ4n) is 0.665. The average molecular weight is 218 g/mol. The van der Waals surface area contributed by atoms with Crippen LogP contribution in [0.3, 0.4) is 0 Å². The molecule has 0 saturated heterocycles. The SMILES string of the molecule is CC(=O)NCc1coc(Br)c1. The molecule has 0 bridgehead atoms. The highest BCUT2D eigenvalue weighted by molar-refractivity contribution is 9.10. The molecule has 1 N–H and O–H groups in total. The number of hydrogen-bond donors (Lipinski definition) is 1. The summed E-state index contributed by atoms with van der Waals surface area (Å²) in [5.74, 6) is -0.0395. The number of furan rings is 1. The van der Waals surface area contributed by atoms with E-state index in [-0.39, 0.29) is 5.91 Å². The molecule has 11 heavy (non-hydrogen) atoms. The molecule has 0 radical (unpaired) electrons. The predicted octanol–water partition coefficient (Wildman–Crippen LogP) is 1.68. The minimum absolute atomic E-state index is 0.0395. The molecule has 60 valence electrons. The molecule has 1 aromatic rings. The van der Waals surface area contributed by atoms with Gasteiger partial charge in [0.1, 0.15) is 0 Å². The Hall–Kier alpha value is -0.770. The maximum absolute atomic E-state index is 10.5. The molecule has 0 saturated carbocycles. The van der Waals surface area contributed by atoms with Gasteiger partial charge in [-0.3, -0.25) is 4.79 Å². The highest BCUT2D eigenvalue weighted by atomic mass is 79.9. The van der Waals surface area contributed by atoms with E-state index in [0.717, 1.165) is 5.56 Å². The number of carbonyl (C=O) groups is 1. The summed E-state index contributed by atoms with van der Waals surface area (Å²) in [7, 11) is 0. The van der Waals surface area contributed by atoms with Gasteiger partial charge in [0.15, 0.2) is 4.67 Å². The predicted molar refractivity (Wildman–Crippen MR) is 43.9 cm³/mol. The molecule has 3 nitrogen and oxygen atoms in total. The summed E-state index contributed by atoms with van der Waals surface area (Å²) in [5.41, 5.74) is 0.951. The second-order valence-corrected chi connectivity index (χ2v) is 2.95. The van der Waals surface area contributed by atoms with E-state index >= 15 is 0 Å². The number of rotatable bonds is 2. The number of amides is 1. The first-order chi connectivity index (χ1) is 5.18. The average Bonchev–Trinajstić information content (AvgIpc) is 2.31. The van der Waals surface area contributed by atoms with Crippen LogP contribution in [0.1, 0.15) is 12.5 Å². The van der Waals surface area contributed by atoms with Crippen LogP contribution >= 0.6 is 15.9 Å². The Morgan fingerprint density at radius 2 is 2.55 bits per heavy atom. The van der Waals surface area contributed by atoms with Crippen LogP contribution in [0, 0.1) is 0 Å². The fourth-order valence-corrected chi connectivity index (χ4v) is 1.05. The van der Waals surface area contributed by atoms with E-state index < -0.39 is 0 Å². The molecule has 1 aromatic heterocycles. The summed E-state index contributed by atoms with van der Waals surface area (Å²) in [6.45, 7) is 2.00. The van der Waals surface area contributed by atoms with Gasteiger partial charge >= 0.3 is 0 Å². The third-order valence-corrected chi connectivity index (χ3v) is 1.58. The van der Waals surface area contributed by atoms with Crippen LogP contribution < -0.4 is 5.32 Å². The molecule has 0 aliphatic heterocycles. The minimum Gasteiger partial charge on any atom is -0.457 e. The van der Waals surface area contributed by atoms with E-state index in [2.05, 4.69) is 21.2 Å². The van der Waals surface area contributed by atoms with Gasteiger partial charge in [-0.25, -0.2) is 0 Å². The Bertz CT molecular complexity index is 257. The van der Waals surface area contributed by atoms with Crippen molar-refractivity contribution in [2.45, 2.75) is 13.5 Å². The maximum Gasteiger partial charge on any atom is 0.217 e. The Balaban J connectivity index is 2.45. The van der Waals surface area contributed by atoms with Crippen LogP contribution in [0.4, 0.5) is 0 Å². The van der Waals surface area contributed by atoms with Crippen LogP contribution in [0.15, 0.2) is 21.4 Å². The van der Waals surface area contributed by atoms with Gasteiger partial charge in [-0.1, -0.05) is 0 Å². The Morgan fingerprint density at radius 3 is 3.00 bits per heavy atom. The van der Waals surface area contributed by atoms with Crippen LogP contribution in [0.25, 0.3) is 0 Å².